The first kappa shape index (κ1) is 11.5. The van der Waals surface area contributed by atoms with Crippen molar-refractivity contribution in [3.8, 4) is 0 Å². The van der Waals surface area contributed by atoms with E-state index >= 15 is 0 Å². The van der Waals surface area contributed by atoms with Gasteiger partial charge in [-0.3, -0.25) is 4.79 Å². The standard InChI is InChI=1S/C13H21NO2/c1-16-13(15)11-5-7-12(8-6-11)14-9-3-2-4-10-14/h7,11H,2-6,8-10H2,1H3. The molecular formula is C13H21NO2. The fourth-order valence-corrected chi connectivity index (χ4v) is 2.67. The van der Waals surface area contributed by atoms with E-state index in [0.29, 0.717) is 0 Å². The second-order valence-corrected chi connectivity index (χ2v) is 4.74. The van der Waals surface area contributed by atoms with Gasteiger partial charge in [-0.2, -0.15) is 0 Å². The molecule has 2 rings (SSSR count). The van der Waals surface area contributed by atoms with Crippen LogP contribution in [0, 0.1) is 5.92 Å². The van der Waals surface area contributed by atoms with Gasteiger partial charge in [-0.15, -0.1) is 0 Å². The molecular weight excluding hydrogens is 202 g/mol. The van der Waals surface area contributed by atoms with E-state index in [-0.39, 0.29) is 11.9 Å². The normalized spacial score (nSPS) is 26.2. The third kappa shape index (κ3) is 2.57. The van der Waals surface area contributed by atoms with E-state index in [1.807, 2.05) is 0 Å². The van der Waals surface area contributed by atoms with Crippen LogP contribution >= 0.6 is 0 Å². The number of allylic oxidation sites excluding steroid dienone is 2. The van der Waals surface area contributed by atoms with Crippen LogP contribution in [-0.2, 0) is 9.53 Å². The number of nitrogens with zero attached hydrogens (tertiary/aromatic N) is 1. The minimum absolute atomic E-state index is 0.0473. The molecule has 3 heteroatoms. The molecule has 90 valence electrons. The number of piperidine rings is 1. The van der Waals surface area contributed by atoms with Crippen molar-refractivity contribution in [3.05, 3.63) is 11.8 Å². The molecule has 16 heavy (non-hydrogen) atoms. The Balaban J connectivity index is 1.89. The fraction of sp³-hybridized carbons (Fsp3) is 0.769. The molecule has 0 amide bonds. The highest BCUT2D eigenvalue weighted by molar-refractivity contribution is 5.72. The molecule has 1 saturated heterocycles. The second kappa shape index (κ2) is 5.37. The molecule has 2 aliphatic rings. The first-order valence-corrected chi connectivity index (χ1v) is 6.33. The highest BCUT2D eigenvalue weighted by atomic mass is 16.5. The molecule has 1 aliphatic carbocycles. The van der Waals surface area contributed by atoms with E-state index in [0.717, 1.165) is 19.3 Å². The minimum Gasteiger partial charge on any atom is -0.469 e. The van der Waals surface area contributed by atoms with Crippen molar-refractivity contribution in [1.82, 2.24) is 4.90 Å². The maximum absolute atomic E-state index is 11.4. The molecule has 1 atom stereocenters. The molecule has 0 spiro atoms. The summed E-state index contributed by atoms with van der Waals surface area (Å²) in [5, 5.41) is 0. The Labute approximate surface area is 97.5 Å². The Morgan fingerprint density at radius 2 is 2.12 bits per heavy atom. The number of hydrogen-bond donors (Lipinski definition) is 0. The van der Waals surface area contributed by atoms with Crippen molar-refractivity contribution in [2.75, 3.05) is 20.2 Å². The summed E-state index contributed by atoms with van der Waals surface area (Å²) in [4.78, 5) is 13.9. The van der Waals surface area contributed by atoms with Gasteiger partial charge in [0.05, 0.1) is 13.0 Å². The van der Waals surface area contributed by atoms with E-state index in [9.17, 15) is 4.79 Å². The predicted octanol–water partition coefficient (Wildman–Crippen LogP) is 2.33. The number of carbonyl (C=O) groups excluding carboxylic acids is 1. The highest BCUT2D eigenvalue weighted by Crippen LogP contribution is 2.28. The number of rotatable bonds is 2. The van der Waals surface area contributed by atoms with Gasteiger partial charge in [0, 0.05) is 18.8 Å². The number of esters is 1. The summed E-state index contributed by atoms with van der Waals surface area (Å²) < 4.78 is 4.79. The molecule has 0 radical (unpaired) electrons. The van der Waals surface area contributed by atoms with E-state index < -0.39 is 0 Å². The van der Waals surface area contributed by atoms with Crippen molar-refractivity contribution >= 4 is 5.97 Å². The second-order valence-electron chi connectivity index (χ2n) is 4.74. The van der Waals surface area contributed by atoms with Gasteiger partial charge in [-0.1, -0.05) is 6.08 Å². The Morgan fingerprint density at radius 1 is 1.38 bits per heavy atom. The maximum atomic E-state index is 11.4. The first-order valence-electron chi connectivity index (χ1n) is 6.33. The first-order chi connectivity index (χ1) is 7.81. The van der Waals surface area contributed by atoms with Crippen LogP contribution in [0.4, 0.5) is 0 Å². The minimum atomic E-state index is -0.0473. The van der Waals surface area contributed by atoms with Crippen molar-refractivity contribution in [2.45, 2.75) is 38.5 Å². The molecule has 1 aliphatic heterocycles. The monoisotopic (exact) mass is 223 g/mol. The van der Waals surface area contributed by atoms with Crippen LogP contribution in [0.1, 0.15) is 38.5 Å². The fourth-order valence-electron chi connectivity index (χ4n) is 2.67. The molecule has 3 nitrogen and oxygen atoms in total. The van der Waals surface area contributed by atoms with Crippen LogP contribution in [0.3, 0.4) is 0 Å². The van der Waals surface area contributed by atoms with Gasteiger partial charge < -0.3 is 9.64 Å². The topological polar surface area (TPSA) is 29.5 Å². The van der Waals surface area contributed by atoms with Crippen LogP contribution < -0.4 is 0 Å². The molecule has 0 saturated carbocycles. The summed E-state index contributed by atoms with van der Waals surface area (Å²) in [6.07, 6.45) is 9.10. The summed E-state index contributed by atoms with van der Waals surface area (Å²) in [6.45, 7) is 2.41. The molecule has 1 heterocycles. The molecule has 1 unspecified atom stereocenters. The summed E-state index contributed by atoms with van der Waals surface area (Å²) in [7, 11) is 1.48. The number of likely N-dealkylation sites (tertiary alicyclic amines) is 1. The Kier molecular flexibility index (Phi) is 3.86. The average Bonchev–Trinajstić information content (AvgIpc) is 2.39. The summed E-state index contributed by atoms with van der Waals surface area (Å²) in [5.41, 5.74) is 1.46. The van der Waals surface area contributed by atoms with Crippen LogP contribution in [0.25, 0.3) is 0 Å². The zero-order valence-electron chi connectivity index (χ0n) is 10.1. The van der Waals surface area contributed by atoms with E-state index in [2.05, 4.69) is 11.0 Å². The van der Waals surface area contributed by atoms with Crippen LogP contribution in [0.2, 0.25) is 0 Å². The van der Waals surface area contributed by atoms with E-state index in [4.69, 9.17) is 4.74 Å². The smallest absolute Gasteiger partial charge is 0.308 e. The number of hydrogen-bond acceptors (Lipinski definition) is 3. The highest BCUT2D eigenvalue weighted by Gasteiger charge is 2.24. The van der Waals surface area contributed by atoms with Crippen molar-refractivity contribution in [1.29, 1.82) is 0 Å². The molecule has 0 aromatic carbocycles. The zero-order chi connectivity index (χ0) is 11.4. The number of ether oxygens (including phenoxy) is 1. The van der Waals surface area contributed by atoms with Gasteiger partial charge >= 0.3 is 5.97 Å². The van der Waals surface area contributed by atoms with E-state index in [1.165, 1.54) is 45.2 Å². The maximum Gasteiger partial charge on any atom is 0.308 e. The molecule has 0 N–H and O–H groups in total. The Bertz CT molecular complexity index is 280. The third-order valence-electron chi connectivity index (χ3n) is 3.68. The summed E-state index contributed by atoms with van der Waals surface area (Å²) in [5.74, 6) is 0.0486. The average molecular weight is 223 g/mol. The van der Waals surface area contributed by atoms with Gasteiger partial charge in [0.15, 0.2) is 0 Å². The predicted molar refractivity (Wildman–Crippen MR) is 62.9 cm³/mol. The number of carbonyl (C=O) groups is 1. The van der Waals surface area contributed by atoms with Crippen LogP contribution in [0.15, 0.2) is 11.8 Å². The van der Waals surface area contributed by atoms with Gasteiger partial charge in [0.2, 0.25) is 0 Å². The lowest BCUT2D eigenvalue weighted by Crippen LogP contribution is -2.31. The molecule has 1 fully saturated rings. The van der Waals surface area contributed by atoms with Gasteiger partial charge in [-0.25, -0.2) is 0 Å². The van der Waals surface area contributed by atoms with Crippen LogP contribution in [0.5, 0.6) is 0 Å². The van der Waals surface area contributed by atoms with Crippen molar-refractivity contribution < 1.29 is 9.53 Å². The number of methoxy groups -OCH3 is 1. The van der Waals surface area contributed by atoms with Gasteiger partial charge in [-0.05, 0) is 38.5 Å². The lowest BCUT2D eigenvalue weighted by molar-refractivity contribution is -0.145. The SMILES string of the molecule is COC(=O)C1CC=C(N2CCCCC2)CC1. The third-order valence-corrected chi connectivity index (χ3v) is 3.68. The van der Waals surface area contributed by atoms with Crippen LogP contribution in [-0.4, -0.2) is 31.1 Å². The quantitative estimate of drug-likeness (QED) is 0.673. The summed E-state index contributed by atoms with van der Waals surface area (Å²) >= 11 is 0. The zero-order valence-corrected chi connectivity index (χ0v) is 10.1. The van der Waals surface area contributed by atoms with Gasteiger partial charge in [0.1, 0.15) is 0 Å². The van der Waals surface area contributed by atoms with Gasteiger partial charge in [0.25, 0.3) is 0 Å². The van der Waals surface area contributed by atoms with Crippen molar-refractivity contribution in [2.24, 2.45) is 5.92 Å². The lowest BCUT2D eigenvalue weighted by atomic mass is 9.91. The Morgan fingerprint density at radius 3 is 2.69 bits per heavy atom. The Hall–Kier alpha value is -0.990. The molecule has 0 aromatic heterocycles. The largest absolute Gasteiger partial charge is 0.469 e. The summed E-state index contributed by atoms with van der Waals surface area (Å²) in [6, 6.07) is 0. The van der Waals surface area contributed by atoms with E-state index in [1.54, 1.807) is 0 Å². The van der Waals surface area contributed by atoms with Crippen molar-refractivity contribution in [3.63, 3.8) is 0 Å². The molecule has 0 bridgehead atoms. The molecule has 0 aromatic rings. The lowest BCUT2D eigenvalue weighted by Gasteiger charge is -2.33.